The van der Waals surface area contributed by atoms with E-state index < -0.39 is 17.8 Å². The molecule has 9 heteroatoms. The van der Waals surface area contributed by atoms with Crippen molar-refractivity contribution in [2.24, 2.45) is 5.73 Å². The Morgan fingerprint density at radius 3 is 2.69 bits per heavy atom. The van der Waals surface area contributed by atoms with Crippen LogP contribution in [0.25, 0.3) is 0 Å². The molecule has 0 spiro atoms. The predicted molar refractivity (Wildman–Crippen MR) is 93.8 cm³/mol. The second kappa shape index (κ2) is 11.1. The summed E-state index contributed by atoms with van der Waals surface area (Å²) in [5, 5.41) is 7.06. The summed E-state index contributed by atoms with van der Waals surface area (Å²) >= 11 is 0. The number of benzene rings is 1. The largest absolute Gasteiger partial charge is 0.466 e. The number of hydrogen-bond acceptors (Lipinski definition) is 5. The third kappa shape index (κ3) is 8.35. The molecule has 0 atom stereocenters. The van der Waals surface area contributed by atoms with E-state index in [1.165, 1.54) is 12.1 Å². The van der Waals surface area contributed by atoms with Gasteiger partial charge in [0.1, 0.15) is 0 Å². The molecule has 0 radical (unpaired) electrons. The van der Waals surface area contributed by atoms with E-state index in [4.69, 9.17) is 10.5 Å². The van der Waals surface area contributed by atoms with Crippen molar-refractivity contribution in [2.75, 3.05) is 18.5 Å². The van der Waals surface area contributed by atoms with Gasteiger partial charge >= 0.3 is 12.0 Å². The zero-order valence-corrected chi connectivity index (χ0v) is 14.3. The lowest BCUT2D eigenvalue weighted by Gasteiger charge is -2.06. The van der Waals surface area contributed by atoms with E-state index >= 15 is 0 Å². The minimum atomic E-state index is -0.747. The number of hydrogen-bond donors (Lipinski definition) is 4. The van der Waals surface area contributed by atoms with Gasteiger partial charge in [-0.1, -0.05) is 12.0 Å². The van der Waals surface area contributed by atoms with Gasteiger partial charge in [0.05, 0.1) is 19.6 Å². The molecular formula is C17H20N4O5. The summed E-state index contributed by atoms with van der Waals surface area (Å²) in [5.41, 5.74) is 5.62. The highest BCUT2D eigenvalue weighted by Crippen LogP contribution is 2.10. The zero-order valence-electron chi connectivity index (χ0n) is 14.3. The van der Waals surface area contributed by atoms with Gasteiger partial charge in [-0.2, -0.15) is 0 Å². The van der Waals surface area contributed by atoms with Crippen LogP contribution < -0.4 is 21.7 Å². The highest BCUT2D eigenvalue weighted by Gasteiger charge is 2.08. The lowest BCUT2D eigenvalue weighted by molar-refractivity contribution is -0.142. The first-order valence-corrected chi connectivity index (χ1v) is 7.79. The van der Waals surface area contributed by atoms with Crippen LogP contribution in [0.2, 0.25) is 0 Å². The number of urea groups is 1. The molecule has 1 aromatic rings. The monoisotopic (exact) mass is 360 g/mol. The molecule has 0 fully saturated rings. The van der Waals surface area contributed by atoms with Crippen LogP contribution in [0.4, 0.5) is 10.5 Å². The smallest absolute Gasteiger partial charge is 0.316 e. The highest BCUT2D eigenvalue weighted by atomic mass is 16.5. The van der Waals surface area contributed by atoms with Gasteiger partial charge in [0.15, 0.2) is 0 Å². The summed E-state index contributed by atoms with van der Waals surface area (Å²) < 4.78 is 4.73. The lowest BCUT2D eigenvalue weighted by Crippen LogP contribution is -2.35. The van der Waals surface area contributed by atoms with E-state index in [0.29, 0.717) is 12.3 Å². The number of nitrogens with two attached hydrogens (primary N) is 1. The molecule has 0 aliphatic carbocycles. The maximum absolute atomic E-state index is 12.0. The summed E-state index contributed by atoms with van der Waals surface area (Å²) in [6.07, 6.45) is 0.397. The number of amides is 4. The summed E-state index contributed by atoms with van der Waals surface area (Å²) in [7, 11) is 0. The summed E-state index contributed by atoms with van der Waals surface area (Å²) in [4.78, 5) is 45.5. The van der Waals surface area contributed by atoms with E-state index in [1.54, 1.807) is 19.1 Å². The standard InChI is InChI=1S/C17H20N4O5/c1-2-26-15(23)8-3-4-9-19-14(22)11-20-16(24)12-6-5-7-13(10-12)21-17(18)25/h5-7,10H,2-3,8,11H2,1H3,(H,19,22)(H,20,24)(H3,18,21,25). The van der Waals surface area contributed by atoms with Crippen molar-refractivity contribution < 1.29 is 23.9 Å². The fraction of sp³-hybridized carbons (Fsp3) is 0.294. The van der Waals surface area contributed by atoms with Crippen LogP contribution in [0.3, 0.4) is 0 Å². The van der Waals surface area contributed by atoms with Crippen LogP contribution in [-0.4, -0.2) is 37.0 Å². The number of anilines is 1. The molecular weight excluding hydrogens is 340 g/mol. The van der Waals surface area contributed by atoms with Crippen LogP contribution in [-0.2, 0) is 14.3 Å². The molecule has 9 nitrogen and oxygen atoms in total. The van der Waals surface area contributed by atoms with Crippen molar-refractivity contribution in [2.45, 2.75) is 19.8 Å². The van der Waals surface area contributed by atoms with Crippen molar-refractivity contribution in [1.82, 2.24) is 10.6 Å². The Hall–Kier alpha value is -3.54. The molecule has 0 heterocycles. The Kier molecular flexibility index (Phi) is 8.75. The Bertz CT molecular complexity index is 736. The Labute approximate surface area is 150 Å². The number of nitrogens with one attached hydrogen (secondary N) is 3. The van der Waals surface area contributed by atoms with Crippen LogP contribution in [0.15, 0.2) is 24.3 Å². The maximum atomic E-state index is 12.0. The second-order valence-corrected chi connectivity index (χ2v) is 4.91. The van der Waals surface area contributed by atoms with Gasteiger partial charge in [0.25, 0.3) is 11.8 Å². The van der Waals surface area contributed by atoms with E-state index in [9.17, 15) is 19.2 Å². The molecule has 0 bridgehead atoms. The van der Waals surface area contributed by atoms with Crippen LogP contribution >= 0.6 is 0 Å². The first-order valence-electron chi connectivity index (χ1n) is 7.79. The lowest BCUT2D eigenvalue weighted by atomic mass is 10.2. The molecule has 0 saturated heterocycles. The third-order valence-corrected chi connectivity index (χ3v) is 2.85. The summed E-state index contributed by atoms with van der Waals surface area (Å²) in [5.74, 6) is 1.25. The van der Waals surface area contributed by atoms with Gasteiger partial charge in [-0.25, -0.2) is 4.79 Å². The number of ether oxygens (including phenoxy) is 1. The van der Waals surface area contributed by atoms with E-state index in [-0.39, 0.29) is 30.9 Å². The second-order valence-electron chi connectivity index (χ2n) is 4.91. The van der Waals surface area contributed by atoms with Crippen molar-refractivity contribution in [3.05, 3.63) is 29.8 Å². The van der Waals surface area contributed by atoms with Crippen LogP contribution in [0, 0.1) is 12.0 Å². The van der Waals surface area contributed by atoms with Crippen LogP contribution in [0.1, 0.15) is 30.1 Å². The molecule has 1 rings (SSSR count). The minimum Gasteiger partial charge on any atom is -0.466 e. The number of rotatable bonds is 7. The fourth-order valence-corrected chi connectivity index (χ4v) is 1.76. The molecule has 5 N–H and O–H groups in total. The molecule has 0 aromatic heterocycles. The van der Waals surface area contributed by atoms with Gasteiger partial charge in [-0.3, -0.25) is 19.7 Å². The van der Waals surface area contributed by atoms with Gasteiger partial charge in [-0.05, 0) is 25.1 Å². The minimum absolute atomic E-state index is 0.142. The Morgan fingerprint density at radius 2 is 2.00 bits per heavy atom. The van der Waals surface area contributed by atoms with Gasteiger partial charge < -0.3 is 21.1 Å². The van der Waals surface area contributed by atoms with Crippen molar-refractivity contribution in [3.63, 3.8) is 0 Å². The van der Waals surface area contributed by atoms with E-state index in [0.717, 1.165) is 0 Å². The molecule has 0 unspecified atom stereocenters. The zero-order chi connectivity index (χ0) is 19.4. The molecule has 26 heavy (non-hydrogen) atoms. The molecule has 0 aliphatic rings. The normalized spacial score (nSPS) is 9.27. The third-order valence-electron chi connectivity index (χ3n) is 2.85. The summed E-state index contributed by atoms with van der Waals surface area (Å²) in [6, 6.07) is 7.74. The molecule has 138 valence electrons. The quantitative estimate of drug-likeness (QED) is 0.315. The number of primary amides is 1. The molecule has 1 aromatic carbocycles. The van der Waals surface area contributed by atoms with E-state index in [2.05, 4.69) is 27.9 Å². The first kappa shape index (κ1) is 20.5. The fourth-order valence-electron chi connectivity index (χ4n) is 1.76. The average Bonchev–Trinajstić information content (AvgIpc) is 2.59. The van der Waals surface area contributed by atoms with Crippen molar-refractivity contribution in [3.8, 4) is 12.0 Å². The predicted octanol–water partition coefficient (Wildman–Crippen LogP) is 0.327. The number of carbonyl (C=O) groups is 4. The summed E-state index contributed by atoms with van der Waals surface area (Å²) in [6.45, 7) is 1.74. The average molecular weight is 360 g/mol. The van der Waals surface area contributed by atoms with E-state index in [1.807, 2.05) is 0 Å². The molecule has 0 saturated carbocycles. The molecule has 0 aliphatic heterocycles. The van der Waals surface area contributed by atoms with Crippen molar-refractivity contribution >= 4 is 29.5 Å². The SMILES string of the molecule is CCOC(=O)CCC#CNC(=O)CNC(=O)c1cccc(NC(N)=O)c1. The van der Waals surface area contributed by atoms with Gasteiger partial charge in [-0.15, -0.1) is 0 Å². The Morgan fingerprint density at radius 1 is 1.23 bits per heavy atom. The van der Waals surface area contributed by atoms with Crippen LogP contribution in [0.5, 0.6) is 0 Å². The number of esters is 1. The van der Waals surface area contributed by atoms with Gasteiger partial charge in [0.2, 0.25) is 0 Å². The highest BCUT2D eigenvalue weighted by molar-refractivity contribution is 5.98. The maximum Gasteiger partial charge on any atom is 0.316 e. The van der Waals surface area contributed by atoms with Crippen molar-refractivity contribution in [1.29, 1.82) is 0 Å². The first-order chi connectivity index (χ1) is 12.4. The molecule has 4 amide bonds. The number of carbonyl (C=O) groups excluding carboxylic acids is 4. The van der Waals surface area contributed by atoms with Gasteiger partial charge in [0, 0.05) is 23.7 Å². The topological polar surface area (TPSA) is 140 Å². The Balaban J connectivity index is 2.37.